The molecule has 2 heterocycles. The maximum absolute atomic E-state index is 7.07. The molecule has 3 heteroatoms. The van der Waals surface area contributed by atoms with E-state index in [1.807, 2.05) is 0 Å². The maximum atomic E-state index is 7.07. The molecule has 0 radical (unpaired) electrons. The second-order valence-electron chi connectivity index (χ2n) is 10.3. The molecule has 0 unspecified atom stereocenters. The summed E-state index contributed by atoms with van der Waals surface area (Å²) in [5, 5.41) is 2.10. The van der Waals surface area contributed by atoms with Crippen molar-refractivity contribution in [2.75, 3.05) is 5.06 Å². The lowest BCUT2D eigenvalue weighted by Gasteiger charge is -2.41. The summed E-state index contributed by atoms with van der Waals surface area (Å²) in [7, 11) is 0. The lowest BCUT2D eigenvalue weighted by molar-refractivity contribution is 0.0313. The highest BCUT2D eigenvalue weighted by molar-refractivity contribution is 5.76. The molecule has 0 saturated heterocycles. The largest absolute Gasteiger partial charge is 0.456 e. The molecule has 7 rings (SSSR count). The molecule has 0 saturated carbocycles. The fourth-order valence-electron chi connectivity index (χ4n) is 6.00. The van der Waals surface area contributed by atoms with Crippen LogP contribution in [0.15, 0.2) is 132 Å². The highest BCUT2D eigenvalue weighted by Gasteiger charge is 2.43. The van der Waals surface area contributed by atoms with E-state index in [2.05, 4.69) is 132 Å². The standard InChI is InChI=1S/C36H31NO2/c1-6-16-26(17-7-1)33-31-32(35(28-20-10-3-11-21-28)38-34(31)27-18-8-2-9-19-27)36(29-22-12-4-13-23-29)39-37(33)30-24-14-5-15-25-30/h1,3-7,10-18,20-25,33,36H,2,8-9,19H2/t33-,36+/m0/s1. The average molecular weight is 510 g/mol. The van der Waals surface area contributed by atoms with Crippen LogP contribution in [0.1, 0.15) is 65.8 Å². The second kappa shape index (κ2) is 10.4. The van der Waals surface area contributed by atoms with Crippen molar-refractivity contribution in [3.63, 3.8) is 0 Å². The van der Waals surface area contributed by atoms with Gasteiger partial charge in [-0.2, -0.15) is 0 Å². The summed E-state index contributed by atoms with van der Waals surface area (Å²) < 4.78 is 7.01. The highest BCUT2D eigenvalue weighted by Crippen LogP contribution is 2.53. The second-order valence-corrected chi connectivity index (χ2v) is 10.3. The molecule has 1 aliphatic heterocycles. The van der Waals surface area contributed by atoms with E-state index in [0.717, 1.165) is 46.7 Å². The molecule has 2 atom stereocenters. The molecule has 0 spiro atoms. The van der Waals surface area contributed by atoms with Gasteiger partial charge in [0.2, 0.25) is 0 Å². The molecule has 1 aliphatic carbocycles. The van der Waals surface area contributed by atoms with Gasteiger partial charge in [-0.25, -0.2) is 5.06 Å². The molecule has 0 amide bonds. The Hall–Kier alpha value is -4.34. The first-order valence-corrected chi connectivity index (χ1v) is 13.9. The van der Waals surface area contributed by atoms with Crippen molar-refractivity contribution in [1.29, 1.82) is 0 Å². The Labute approximate surface area is 229 Å². The van der Waals surface area contributed by atoms with Crippen LogP contribution in [0.5, 0.6) is 0 Å². The number of benzene rings is 4. The van der Waals surface area contributed by atoms with E-state index in [1.54, 1.807) is 0 Å². The summed E-state index contributed by atoms with van der Waals surface area (Å²) in [4.78, 5) is 7.07. The number of para-hydroxylation sites is 1. The van der Waals surface area contributed by atoms with Gasteiger partial charge in [-0.15, -0.1) is 0 Å². The Morgan fingerprint density at radius 2 is 1.21 bits per heavy atom. The van der Waals surface area contributed by atoms with Gasteiger partial charge in [0, 0.05) is 16.7 Å². The van der Waals surface area contributed by atoms with Crippen LogP contribution in [0.4, 0.5) is 5.69 Å². The van der Waals surface area contributed by atoms with Gasteiger partial charge in [0.25, 0.3) is 0 Å². The van der Waals surface area contributed by atoms with Crippen molar-refractivity contribution in [3.05, 3.63) is 155 Å². The third-order valence-corrected chi connectivity index (χ3v) is 7.82. The fourth-order valence-corrected chi connectivity index (χ4v) is 6.00. The molecule has 192 valence electrons. The molecule has 39 heavy (non-hydrogen) atoms. The molecule has 4 aromatic carbocycles. The quantitative estimate of drug-likeness (QED) is 0.236. The number of anilines is 1. The first-order chi connectivity index (χ1) is 19.4. The summed E-state index contributed by atoms with van der Waals surface area (Å²) in [6, 6.07) is 42.0. The van der Waals surface area contributed by atoms with Gasteiger partial charge < -0.3 is 4.42 Å². The number of hydrogen-bond acceptors (Lipinski definition) is 3. The normalized spacial score (nSPS) is 18.9. The summed E-state index contributed by atoms with van der Waals surface area (Å²) >= 11 is 0. The zero-order valence-corrected chi connectivity index (χ0v) is 21.9. The van der Waals surface area contributed by atoms with Crippen molar-refractivity contribution >= 4 is 11.3 Å². The van der Waals surface area contributed by atoms with E-state index in [1.165, 1.54) is 29.5 Å². The van der Waals surface area contributed by atoms with Crippen LogP contribution in [-0.4, -0.2) is 0 Å². The molecule has 0 N–H and O–H groups in total. The van der Waals surface area contributed by atoms with Gasteiger partial charge >= 0.3 is 0 Å². The predicted molar refractivity (Wildman–Crippen MR) is 157 cm³/mol. The van der Waals surface area contributed by atoms with Gasteiger partial charge in [-0.05, 0) is 54.5 Å². The summed E-state index contributed by atoms with van der Waals surface area (Å²) in [5.41, 5.74) is 8.00. The Morgan fingerprint density at radius 3 is 1.85 bits per heavy atom. The Balaban J connectivity index is 1.56. The van der Waals surface area contributed by atoms with E-state index < -0.39 is 0 Å². The van der Waals surface area contributed by atoms with Gasteiger partial charge in [-0.3, -0.25) is 4.84 Å². The first-order valence-electron chi connectivity index (χ1n) is 13.9. The summed E-state index contributed by atoms with van der Waals surface area (Å²) in [6.45, 7) is 0. The first kappa shape index (κ1) is 23.8. The van der Waals surface area contributed by atoms with Crippen LogP contribution in [0, 0.1) is 0 Å². The van der Waals surface area contributed by atoms with Crippen LogP contribution >= 0.6 is 0 Å². The van der Waals surface area contributed by atoms with E-state index in [0.29, 0.717) is 0 Å². The minimum atomic E-state index is -0.321. The van der Waals surface area contributed by atoms with Gasteiger partial charge in [0.1, 0.15) is 23.7 Å². The molecular formula is C36H31NO2. The summed E-state index contributed by atoms with van der Waals surface area (Å²) in [6.07, 6.45) is 6.59. The zero-order chi connectivity index (χ0) is 26.0. The minimum absolute atomic E-state index is 0.164. The molecule has 1 aromatic heterocycles. The smallest absolute Gasteiger partial charge is 0.141 e. The molecule has 3 nitrogen and oxygen atoms in total. The molecule has 0 bridgehead atoms. The van der Waals surface area contributed by atoms with Gasteiger partial charge in [0.15, 0.2) is 0 Å². The summed E-state index contributed by atoms with van der Waals surface area (Å²) in [5.74, 6) is 1.90. The number of hydrogen-bond donors (Lipinski definition) is 0. The van der Waals surface area contributed by atoms with Gasteiger partial charge in [0.05, 0.1) is 5.69 Å². The lowest BCUT2D eigenvalue weighted by atomic mass is 9.84. The number of rotatable bonds is 5. The maximum Gasteiger partial charge on any atom is 0.141 e. The van der Waals surface area contributed by atoms with E-state index >= 15 is 0 Å². The lowest BCUT2D eigenvalue weighted by Crippen LogP contribution is -2.37. The molecule has 0 fully saturated rings. The minimum Gasteiger partial charge on any atom is -0.456 e. The van der Waals surface area contributed by atoms with Crippen molar-refractivity contribution in [1.82, 2.24) is 0 Å². The topological polar surface area (TPSA) is 25.6 Å². The highest BCUT2D eigenvalue weighted by atomic mass is 16.7. The van der Waals surface area contributed by atoms with Crippen molar-refractivity contribution in [2.45, 2.75) is 37.8 Å². The Kier molecular flexibility index (Phi) is 6.36. The third kappa shape index (κ3) is 4.39. The third-order valence-electron chi connectivity index (χ3n) is 7.82. The zero-order valence-electron chi connectivity index (χ0n) is 21.9. The Bertz CT molecular complexity index is 1570. The van der Waals surface area contributed by atoms with Crippen LogP contribution < -0.4 is 5.06 Å². The number of fused-ring (bicyclic) bond motifs is 1. The monoisotopic (exact) mass is 509 g/mol. The van der Waals surface area contributed by atoms with Crippen LogP contribution in [-0.2, 0) is 4.84 Å². The van der Waals surface area contributed by atoms with Crippen LogP contribution in [0.25, 0.3) is 16.9 Å². The SMILES string of the molecule is C1=C(c2oc(-c3ccccc3)c3c2[C@H](c2ccccc2)N(c2ccccc2)O[C@@H]3c2ccccc2)CCCC1. The number of furan rings is 1. The van der Waals surface area contributed by atoms with Crippen molar-refractivity contribution in [3.8, 4) is 11.3 Å². The molecule has 5 aromatic rings. The Morgan fingerprint density at radius 1 is 0.590 bits per heavy atom. The molecular weight excluding hydrogens is 478 g/mol. The molecule has 2 aliphatic rings. The fraction of sp³-hybridized carbons (Fsp3) is 0.167. The average Bonchev–Trinajstić information content (AvgIpc) is 3.43. The van der Waals surface area contributed by atoms with E-state index in [-0.39, 0.29) is 12.1 Å². The van der Waals surface area contributed by atoms with Crippen LogP contribution in [0.3, 0.4) is 0 Å². The van der Waals surface area contributed by atoms with Gasteiger partial charge in [-0.1, -0.05) is 115 Å². The van der Waals surface area contributed by atoms with Crippen molar-refractivity contribution in [2.24, 2.45) is 0 Å². The predicted octanol–water partition coefficient (Wildman–Crippen LogP) is 9.53. The van der Waals surface area contributed by atoms with Crippen LogP contribution in [0.2, 0.25) is 0 Å². The number of hydroxylamine groups is 1. The number of nitrogens with zero attached hydrogens (tertiary/aromatic N) is 1. The number of allylic oxidation sites excluding steroid dienone is 2. The van der Waals surface area contributed by atoms with E-state index in [9.17, 15) is 0 Å². The van der Waals surface area contributed by atoms with Crippen molar-refractivity contribution < 1.29 is 9.25 Å². The van der Waals surface area contributed by atoms with E-state index in [4.69, 9.17) is 9.25 Å².